The highest BCUT2D eigenvalue weighted by Crippen LogP contribution is 2.37. The molecule has 0 bridgehead atoms. The van der Waals surface area contributed by atoms with Crippen LogP contribution in [0.15, 0.2) is 67.0 Å². The summed E-state index contributed by atoms with van der Waals surface area (Å²) in [5.74, 6) is -0.871. The van der Waals surface area contributed by atoms with E-state index in [1.165, 1.54) is 0 Å². The lowest BCUT2D eigenvalue weighted by Gasteiger charge is -2.34. The molecule has 1 saturated heterocycles. The van der Waals surface area contributed by atoms with Crippen molar-refractivity contribution < 1.29 is 14.7 Å². The van der Waals surface area contributed by atoms with Crippen molar-refractivity contribution >= 4 is 51.6 Å². The number of halogens is 2. The van der Waals surface area contributed by atoms with Crippen molar-refractivity contribution in [2.75, 3.05) is 32.8 Å². The molecule has 6 rings (SSSR count). The third-order valence-corrected chi connectivity index (χ3v) is 8.07. The maximum absolute atomic E-state index is 12.6. The van der Waals surface area contributed by atoms with Gasteiger partial charge in [-0.2, -0.15) is 0 Å². The number of aliphatic hydroxyl groups excluding tert-OH is 1. The predicted molar refractivity (Wildman–Crippen MR) is 159 cm³/mol. The first kappa shape index (κ1) is 27.2. The van der Waals surface area contributed by atoms with Gasteiger partial charge in [0.15, 0.2) is 0 Å². The number of aliphatic hydroxyl groups is 1. The minimum atomic E-state index is -0.649. The van der Waals surface area contributed by atoms with Gasteiger partial charge in [-0.15, -0.1) is 0 Å². The molecule has 4 heterocycles. The summed E-state index contributed by atoms with van der Waals surface area (Å²) in [4.78, 5) is 37.7. The summed E-state index contributed by atoms with van der Waals surface area (Å²) in [5.41, 5.74) is 11.0. The lowest BCUT2D eigenvalue weighted by atomic mass is 10.0. The van der Waals surface area contributed by atoms with Gasteiger partial charge in [0.25, 0.3) is 5.91 Å². The largest absolute Gasteiger partial charge is 0.387 e. The molecule has 0 unspecified atom stereocenters. The molecule has 41 heavy (non-hydrogen) atoms. The molecule has 3 N–H and O–H groups in total. The number of primary amides is 1. The fourth-order valence-electron chi connectivity index (χ4n) is 5.31. The van der Waals surface area contributed by atoms with Crippen LogP contribution in [0.3, 0.4) is 0 Å². The molecule has 1 aliphatic rings. The van der Waals surface area contributed by atoms with Gasteiger partial charge in [-0.25, -0.2) is 4.98 Å². The number of fused-ring (bicyclic) bond motifs is 3. The van der Waals surface area contributed by atoms with E-state index < -0.39 is 12.5 Å². The number of nitrogens with two attached hydrogens (primary N) is 1. The number of pyridine rings is 2. The van der Waals surface area contributed by atoms with Crippen LogP contribution in [0.2, 0.25) is 10.0 Å². The van der Waals surface area contributed by atoms with E-state index in [2.05, 4.69) is 34.1 Å². The molecule has 0 radical (unpaired) electrons. The summed E-state index contributed by atoms with van der Waals surface area (Å²) in [5, 5.41) is 10.6. The van der Waals surface area contributed by atoms with Gasteiger partial charge >= 0.3 is 0 Å². The first-order valence-electron chi connectivity index (χ1n) is 13.1. The summed E-state index contributed by atoms with van der Waals surface area (Å²) in [7, 11) is 0. The van der Waals surface area contributed by atoms with Crippen molar-refractivity contribution in [1.82, 2.24) is 24.2 Å². The number of aromatic nitrogens is 3. The number of carbonyl (C=O) groups is 2. The highest BCUT2D eigenvalue weighted by atomic mass is 35.5. The van der Waals surface area contributed by atoms with Crippen LogP contribution < -0.4 is 5.73 Å². The van der Waals surface area contributed by atoms with Crippen molar-refractivity contribution in [2.45, 2.75) is 6.54 Å². The molecule has 5 aromatic rings. The van der Waals surface area contributed by atoms with Gasteiger partial charge < -0.3 is 15.7 Å². The smallest absolute Gasteiger partial charge is 0.268 e. The first-order chi connectivity index (χ1) is 19.8. The molecule has 0 aliphatic carbocycles. The second-order valence-corrected chi connectivity index (χ2v) is 10.8. The van der Waals surface area contributed by atoms with Gasteiger partial charge in [0.2, 0.25) is 5.91 Å². The van der Waals surface area contributed by atoms with Gasteiger partial charge in [0.1, 0.15) is 23.6 Å². The molecule has 9 nitrogen and oxygen atoms in total. The molecule has 2 amide bonds. The van der Waals surface area contributed by atoms with E-state index in [-0.39, 0.29) is 11.6 Å². The van der Waals surface area contributed by atoms with Crippen LogP contribution in [0.1, 0.15) is 16.1 Å². The van der Waals surface area contributed by atoms with E-state index >= 15 is 0 Å². The second kappa shape index (κ2) is 11.1. The van der Waals surface area contributed by atoms with Gasteiger partial charge in [0.05, 0.1) is 15.6 Å². The number of benzene rings is 2. The quantitative estimate of drug-likeness (QED) is 0.306. The highest BCUT2D eigenvalue weighted by Gasteiger charge is 2.24. The van der Waals surface area contributed by atoms with E-state index in [1.807, 2.05) is 18.3 Å². The average molecular weight is 589 g/mol. The Bertz CT molecular complexity index is 1780. The molecule has 0 spiro atoms. The van der Waals surface area contributed by atoms with Crippen LogP contribution in [0.25, 0.3) is 38.9 Å². The Morgan fingerprint density at radius 1 is 0.951 bits per heavy atom. The topological polar surface area (TPSA) is 117 Å². The zero-order valence-corrected chi connectivity index (χ0v) is 23.4. The SMILES string of the molecule is NC(=O)c1c(-c2c(Cl)cccc2Cl)nc2c3cc(-c4ccc(CN5CCN(C(=O)CO)CC5)cc4)cnc3ccn12. The number of hydrogen-bond donors (Lipinski definition) is 2. The summed E-state index contributed by atoms with van der Waals surface area (Å²) in [6.07, 6.45) is 3.54. The fourth-order valence-corrected chi connectivity index (χ4v) is 5.88. The van der Waals surface area contributed by atoms with Crippen molar-refractivity contribution in [3.8, 4) is 22.4 Å². The van der Waals surface area contributed by atoms with Crippen LogP contribution in [0, 0.1) is 0 Å². The van der Waals surface area contributed by atoms with Crippen molar-refractivity contribution in [3.63, 3.8) is 0 Å². The number of hydrogen-bond acceptors (Lipinski definition) is 6. The van der Waals surface area contributed by atoms with Crippen LogP contribution >= 0.6 is 23.2 Å². The van der Waals surface area contributed by atoms with Gasteiger partial charge in [-0.1, -0.05) is 53.5 Å². The molecule has 1 aliphatic heterocycles. The van der Waals surface area contributed by atoms with Crippen LogP contribution in [-0.4, -0.2) is 73.9 Å². The molecule has 3 aromatic heterocycles. The van der Waals surface area contributed by atoms with Gasteiger partial charge in [-0.05, 0) is 35.4 Å². The average Bonchev–Trinajstić information content (AvgIpc) is 3.37. The summed E-state index contributed by atoms with van der Waals surface area (Å²) in [6.45, 7) is 3.08. The van der Waals surface area contributed by atoms with Crippen LogP contribution in [0.5, 0.6) is 0 Å². The van der Waals surface area contributed by atoms with Crippen molar-refractivity contribution in [3.05, 3.63) is 88.3 Å². The maximum Gasteiger partial charge on any atom is 0.268 e. The predicted octanol–water partition coefficient (Wildman–Crippen LogP) is 4.26. The monoisotopic (exact) mass is 588 g/mol. The number of imidazole rings is 1. The molecule has 11 heteroatoms. The van der Waals surface area contributed by atoms with Crippen molar-refractivity contribution in [1.29, 1.82) is 0 Å². The van der Waals surface area contributed by atoms with Gasteiger partial charge in [-0.3, -0.25) is 23.9 Å². The Hall–Kier alpha value is -4.02. The molecule has 1 fully saturated rings. The van der Waals surface area contributed by atoms with Crippen LogP contribution in [0.4, 0.5) is 0 Å². The van der Waals surface area contributed by atoms with E-state index in [4.69, 9.17) is 39.0 Å². The third kappa shape index (κ3) is 5.13. The fraction of sp³-hybridized carbons (Fsp3) is 0.200. The number of rotatable bonds is 6. The minimum Gasteiger partial charge on any atom is -0.387 e. The normalized spacial score (nSPS) is 14.2. The Morgan fingerprint density at radius 2 is 1.66 bits per heavy atom. The second-order valence-electron chi connectivity index (χ2n) is 9.95. The van der Waals surface area contributed by atoms with Crippen LogP contribution in [-0.2, 0) is 11.3 Å². The molecule has 2 aromatic carbocycles. The highest BCUT2D eigenvalue weighted by molar-refractivity contribution is 6.39. The maximum atomic E-state index is 12.6. The molecule has 0 saturated carbocycles. The van der Waals surface area contributed by atoms with E-state index in [0.717, 1.165) is 47.2 Å². The zero-order chi connectivity index (χ0) is 28.7. The number of carbonyl (C=O) groups excluding carboxylic acids is 2. The number of piperazine rings is 1. The zero-order valence-electron chi connectivity index (χ0n) is 21.9. The minimum absolute atomic E-state index is 0.188. The summed E-state index contributed by atoms with van der Waals surface area (Å²) < 4.78 is 1.65. The first-order valence-corrected chi connectivity index (χ1v) is 13.8. The number of nitrogens with zero attached hydrogens (tertiary/aromatic N) is 5. The van der Waals surface area contributed by atoms with E-state index in [0.29, 0.717) is 40.0 Å². The lowest BCUT2D eigenvalue weighted by Crippen LogP contribution is -2.49. The Balaban J connectivity index is 1.32. The molecule has 208 valence electrons. The third-order valence-electron chi connectivity index (χ3n) is 7.44. The molecular weight excluding hydrogens is 563 g/mol. The Labute approximate surface area is 245 Å². The standard InChI is InChI=1S/C30H26Cl2N6O3/c31-22-2-1-3-23(32)26(22)27-28(29(33)41)38-9-8-24-21(30(38)35-27)14-20(15-34-24)19-6-4-18(5-7-19)16-36-10-12-37(13-11-36)25(40)17-39/h1-9,14-15,39H,10-13,16-17H2,(H2,33,41). The Kier molecular flexibility index (Phi) is 7.35. The molecular formula is C30H26Cl2N6O3. The van der Waals surface area contributed by atoms with Crippen molar-refractivity contribution in [2.24, 2.45) is 5.73 Å². The van der Waals surface area contributed by atoms with E-state index in [1.54, 1.807) is 33.7 Å². The summed E-state index contributed by atoms with van der Waals surface area (Å²) >= 11 is 12.9. The van der Waals surface area contributed by atoms with E-state index in [9.17, 15) is 9.59 Å². The lowest BCUT2D eigenvalue weighted by molar-refractivity contribution is -0.136. The summed E-state index contributed by atoms with van der Waals surface area (Å²) in [6, 6.07) is 17.2. The Morgan fingerprint density at radius 3 is 2.32 bits per heavy atom. The number of amides is 2. The molecule has 0 atom stereocenters. The van der Waals surface area contributed by atoms with Gasteiger partial charge in [0, 0.05) is 61.6 Å².